The average Bonchev–Trinajstić information content (AvgIpc) is 2.76. The number of H-pyrrole nitrogens is 1. The van der Waals surface area contributed by atoms with E-state index in [4.69, 9.17) is 0 Å². The number of aromatic nitrogens is 5. The van der Waals surface area contributed by atoms with Crippen LogP contribution in [0, 0.1) is 6.92 Å². The van der Waals surface area contributed by atoms with Crippen LogP contribution < -0.4 is 0 Å². The second-order valence-electron chi connectivity index (χ2n) is 3.50. The SMILES string of the molecule is Cc1ccnc2nc(-c3cnccn3)[nH]c12. The second-order valence-corrected chi connectivity index (χ2v) is 3.50. The Labute approximate surface area is 91.6 Å². The number of imidazole rings is 1. The van der Waals surface area contributed by atoms with Gasteiger partial charge in [-0.2, -0.15) is 0 Å². The standard InChI is InChI=1S/C11H9N5/c1-7-2-3-14-11-9(7)15-10(16-11)8-6-12-4-5-13-8/h2-6H,1H3,(H,14,15,16). The van der Waals surface area contributed by atoms with Crippen LogP contribution >= 0.6 is 0 Å². The molecule has 5 nitrogen and oxygen atoms in total. The maximum atomic E-state index is 4.37. The molecule has 3 aromatic heterocycles. The lowest BCUT2D eigenvalue weighted by atomic mass is 10.3. The molecule has 78 valence electrons. The summed E-state index contributed by atoms with van der Waals surface area (Å²) in [6.45, 7) is 2.02. The van der Waals surface area contributed by atoms with Crippen molar-refractivity contribution < 1.29 is 0 Å². The second kappa shape index (κ2) is 3.37. The smallest absolute Gasteiger partial charge is 0.178 e. The van der Waals surface area contributed by atoms with E-state index in [0.717, 1.165) is 16.8 Å². The molecule has 0 aliphatic heterocycles. The van der Waals surface area contributed by atoms with Gasteiger partial charge in [0.05, 0.1) is 11.7 Å². The van der Waals surface area contributed by atoms with E-state index in [1.165, 1.54) is 0 Å². The zero-order chi connectivity index (χ0) is 11.0. The van der Waals surface area contributed by atoms with Crippen LogP contribution in [0.5, 0.6) is 0 Å². The van der Waals surface area contributed by atoms with Crippen LogP contribution in [0.15, 0.2) is 30.9 Å². The predicted molar refractivity (Wildman–Crippen MR) is 59.7 cm³/mol. The minimum atomic E-state index is 0.699. The lowest BCUT2D eigenvalue weighted by molar-refractivity contribution is 1.16. The molecule has 1 N–H and O–H groups in total. The third-order valence-electron chi connectivity index (χ3n) is 2.41. The fraction of sp³-hybridized carbons (Fsp3) is 0.0909. The van der Waals surface area contributed by atoms with Gasteiger partial charge in [-0.15, -0.1) is 0 Å². The number of rotatable bonds is 1. The number of fused-ring (bicyclic) bond motifs is 1. The molecule has 0 aromatic carbocycles. The van der Waals surface area contributed by atoms with Crippen molar-refractivity contribution in [2.45, 2.75) is 6.92 Å². The molecule has 0 aliphatic carbocycles. The normalized spacial score (nSPS) is 10.8. The fourth-order valence-electron chi connectivity index (χ4n) is 1.58. The first-order chi connectivity index (χ1) is 7.84. The van der Waals surface area contributed by atoms with Crippen molar-refractivity contribution in [2.24, 2.45) is 0 Å². The molecule has 3 heterocycles. The van der Waals surface area contributed by atoms with Gasteiger partial charge in [0.15, 0.2) is 11.5 Å². The van der Waals surface area contributed by atoms with Crippen LogP contribution in [0.4, 0.5) is 0 Å². The molecule has 0 bridgehead atoms. The first-order valence-corrected chi connectivity index (χ1v) is 4.92. The lowest BCUT2D eigenvalue weighted by Crippen LogP contribution is -1.85. The quantitative estimate of drug-likeness (QED) is 0.665. The van der Waals surface area contributed by atoms with Gasteiger partial charge >= 0.3 is 0 Å². The molecule has 3 aromatic rings. The predicted octanol–water partition coefficient (Wildman–Crippen LogP) is 1.72. The van der Waals surface area contributed by atoms with Gasteiger partial charge in [-0.3, -0.25) is 4.98 Å². The minimum absolute atomic E-state index is 0.699. The summed E-state index contributed by atoms with van der Waals surface area (Å²) in [7, 11) is 0. The summed E-state index contributed by atoms with van der Waals surface area (Å²) in [5.41, 5.74) is 3.50. The summed E-state index contributed by atoms with van der Waals surface area (Å²) in [6, 6.07) is 1.95. The van der Waals surface area contributed by atoms with E-state index < -0.39 is 0 Å². The van der Waals surface area contributed by atoms with E-state index in [2.05, 4.69) is 24.9 Å². The van der Waals surface area contributed by atoms with Crippen LogP contribution in [-0.4, -0.2) is 24.9 Å². The number of pyridine rings is 1. The van der Waals surface area contributed by atoms with Gasteiger partial charge in [-0.25, -0.2) is 15.0 Å². The average molecular weight is 211 g/mol. The van der Waals surface area contributed by atoms with E-state index in [0.29, 0.717) is 11.5 Å². The molecule has 0 saturated heterocycles. The highest BCUT2D eigenvalue weighted by atomic mass is 15.0. The van der Waals surface area contributed by atoms with Crippen molar-refractivity contribution in [1.29, 1.82) is 0 Å². The van der Waals surface area contributed by atoms with E-state index in [1.54, 1.807) is 24.8 Å². The van der Waals surface area contributed by atoms with Gasteiger partial charge in [0.1, 0.15) is 5.69 Å². The summed E-state index contributed by atoms with van der Waals surface area (Å²) in [5, 5.41) is 0. The van der Waals surface area contributed by atoms with Gasteiger partial charge in [-0.1, -0.05) is 0 Å². The maximum absolute atomic E-state index is 4.37. The molecule has 0 unspecified atom stereocenters. The third-order valence-corrected chi connectivity index (χ3v) is 2.41. The molecule has 0 amide bonds. The number of nitrogens with one attached hydrogen (secondary N) is 1. The zero-order valence-electron chi connectivity index (χ0n) is 8.68. The van der Waals surface area contributed by atoms with Crippen LogP contribution in [-0.2, 0) is 0 Å². The van der Waals surface area contributed by atoms with Crippen molar-refractivity contribution >= 4 is 11.2 Å². The Morgan fingerprint density at radius 3 is 2.81 bits per heavy atom. The summed E-state index contributed by atoms with van der Waals surface area (Å²) in [5.74, 6) is 0.699. The van der Waals surface area contributed by atoms with E-state index >= 15 is 0 Å². The van der Waals surface area contributed by atoms with Crippen molar-refractivity contribution in [1.82, 2.24) is 24.9 Å². The topological polar surface area (TPSA) is 67.3 Å². The Morgan fingerprint density at radius 1 is 1.12 bits per heavy atom. The number of hydrogen-bond acceptors (Lipinski definition) is 4. The van der Waals surface area contributed by atoms with E-state index in [-0.39, 0.29) is 0 Å². The van der Waals surface area contributed by atoms with Crippen LogP contribution in [0.25, 0.3) is 22.7 Å². The van der Waals surface area contributed by atoms with E-state index in [1.807, 2.05) is 13.0 Å². The molecule has 3 rings (SSSR count). The summed E-state index contributed by atoms with van der Waals surface area (Å²) in [4.78, 5) is 20.0. The first kappa shape index (κ1) is 8.96. The highest BCUT2D eigenvalue weighted by molar-refractivity contribution is 5.77. The highest BCUT2D eigenvalue weighted by Crippen LogP contribution is 2.18. The van der Waals surface area contributed by atoms with Crippen molar-refractivity contribution in [3.8, 4) is 11.5 Å². The number of nitrogens with zero attached hydrogens (tertiary/aromatic N) is 4. The molecular formula is C11H9N5. The Bertz CT molecular complexity index is 629. The molecule has 16 heavy (non-hydrogen) atoms. The summed E-state index contributed by atoms with van der Waals surface area (Å²) in [6.07, 6.45) is 6.70. The number of hydrogen-bond donors (Lipinski definition) is 1. The Balaban J connectivity index is 2.23. The van der Waals surface area contributed by atoms with Crippen LogP contribution in [0.3, 0.4) is 0 Å². The number of aromatic amines is 1. The molecule has 0 fully saturated rings. The monoisotopic (exact) mass is 211 g/mol. The summed E-state index contributed by atoms with van der Waals surface area (Å²) >= 11 is 0. The van der Waals surface area contributed by atoms with Crippen LogP contribution in [0.1, 0.15) is 5.56 Å². The Morgan fingerprint density at radius 2 is 2.06 bits per heavy atom. The molecule has 0 saturated carbocycles. The zero-order valence-corrected chi connectivity index (χ0v) is 8.68. The summed E-state index contributed by atoms with van der Waals surface area (Å²) < 4.78 is 0. The molecule has 5 heteroatoms. The molecule has 0 atom stereocenters. The number of aryl methyl sites for hydroxylation is 1. The van der Waals surface area contributed by atoms with Gasteiger partial charge in [0.2, 0.25) is 0 Å². The van der Waals surface area contributed by atoms with Gasteiger partial charge in [0, 0.05) is 18.6 Å². The third kappa shape index (κ3) is 1.33. The Kier molecular flexibility index (Phi) is 1.89. The molecule has 0 radical (unpaired) electrons. The first-order valence-electron chi connectivity index (χ1n) is 4.92. The molecule has 0 aliphatic rings. The molecule has 0 spiro atoms. The minimum Gasteiger partial charge on any atom is -0.335 e. The van der Waals surface area contributed by atoms with Gasteiger partial charge in [-0.05, 0) is 18.6 Å². The van der Waals surface area contributed by atoms with Gasteiger partial charge < -0.3 is 4.98 Å². The van der Waals surface area contributed by atoms with Crippen LogP contribution in [0.2, 0.25) is 0 Å². The van der Waals surface area contributed by atoms with Crippen molar-refractivity contribution in [3.63, 3.8) is 0 Å². The van der Waals surface area contributed by atoms with Crippen molar-refractivity contribution in [3.05, 3.63) is 36.4 Å². The van der Waals surface area contributed by atoms with Gasteiger partial charge in [0.25, 0.3) is 0 Å². The van der Waals surface area contributed by atoms with E-state index in [9.17, 15) is 0 Å². The largest absolute Gasteiger partial charge is 0.335 e. The maximum Gasteiger partial charge on any atom is 0.178 e. The highest BCUT2D eigenvalue weighted by Gasteiger charge is 2.08. The Hall–Kier alpha value is -2.30. The van der Waals surface area contributed by atoms with Crippen molar-refractivity contribution in [2.75, 3.05) is 0 Å². The fourth-order valence-corrected chi connectivity index (χ4v) is 1.58. The molecular weight excluding hydrogens is 202 g/mol. The lowest BCUT2D eigenvalue weighted by Gasteiger charge is -1.92.